The van der Waals surface area contributed by atoms with Gasteiger partial charge in [0.2, 0.25) is 0 Å². The Morgan fingerprint density at radius 1 is 1.19 bits per heavy atom. The molecule has 108 valence electrons. The Labute approximate surface area is 122 Å². The third-order valence-electron chi connectivity index (χ3n) is 2.75. The van der Waals surface area contributed by atoms with E-state index in [-0.39, 0.29) is 12.3 Å². The summed E-state index contributed by atoms with van der Waals surface area (Å²) in [5.41, 5.74) is 1.91. The molecule has 0 fully saturated rings. The number of esters is 1. The first kappa shape index (κ1) is 14.6. The molecule has 1 aromatic carbocycles. The van der Waals surface area contributed by atoms with Crippen LogP contribution in [-0.2, 0) is 16.0 Å². The molecule has 21 heavy (non-hydrogen) atoms. The van der Waals surface area contributed by atoms with Gasteiger partial charge in [-0.3, -0.25) is 9.78 Å². The molecule has 0 aliphatic heterocycles. The zero-order chi connectivity index (χ0) is 15.1. The van der Waals surface area contributed by atoms with Gasteiger partial charge in [-0.2, -0.15) is 0 Å². The number of aromatic nitrogens is 2. The highest BCUT2D eigenvalue weighted by Crippen LogP contribution is 2.09. The van der Waals surface area contributed by atoms with Gasteiger partial charge in [-0.1, -0.05) is 19.1 Å². The first-order valence-electron chi connectivity index (χ1n) is 6.51. The molecular weight excluding hydrogens is 270 g/mol. The van der Waals surface area contributed by atoms with E-state index >= 15 is 0 Å². The summed E-state index contributed by atoms with van der Waals surface area (Å²) in [5.74, 6) is -1.09. The van der Waals surface area contributed by atoms with E-state index in [1.165, 1.54) is 24.2 Å². The summed E-state index contributed by atoms with van der Waals surface area (Å²) in [7, 11) is 0. The zero-order valence-corrected chi connectivity index (χ0v) is 11.6. The van der Waals surface area contributed by atoms with E-state index in [2.05, 4.69) is 22.2 Å². The number of nitrogens with zero attached hydrogens (tertiary/aromatic N) is 2. The summed E-state index contributed by atoms with van der Waals surface area (Å²) >= 11 is 0. The van der Waals surface area contributed by atoms with E-state index in [9.17, 15) is 9.59 Å². The van der Waals surface area contributed by atoms with Gasteiger partial charge in [-0.15, -0.1) is 0 Å². The van der Waals surface area contributed by atoms with Crippen molar-refractivity contribution in [1.29, 1.82) is 0 Å². The molecule has 0 bridgehead atoms. The van der Waals surface area contributed by atoms with Crippen molar-refractivity contribution < 1.29 is 14.3 Å². The number of nitrogens with one attached hydrogen (secondary N) is 1. The second-order valence-corrected chi connectivity index (χ2v) is 4.27. The Balaban J connectivity index is 1.83. The van der Waals surface area contributed by atoms with Crippen LogP contribution in [0.4, 0.5) is 5.69 Å². The molecule has 0 unspecified atom stereocenters. The molecule has 0 aliphatic rings. The van der Waals surface area contributed by atoms with Crippen LogP contribution in [-0.4, -0.2) is 28.5 Å². The van der Waals surface area contributed by atoms with Crippen molar-refractivity contribution in [2.24, 2.45) is 0 Å². The van der Waals surface area contributed by atoms with Gasteiger partial charge < -0.3 is 10.1 Å². The number of aryl methyl sites for hydroxylation is 1. The van der Waals surface area contributed by atoms with Crippen LogP contribution in [0.15, 0.2) is 42.9 Å². The first-order valence-corrected chi connectivity index (χ1v) is 6.51. The first-order chi connectivity index (χ1) is 10.2. The SMILES string of the molecule is CCc1ccc(NC(=O)COC(=O)c2cnccn2)cc1. The molecule has 0 atom stereocenters. The third-order valence-corrected chi connectivity index (χ3v) is 2.75. The molecule has 2 aromatic rings. The number of ether oxygens (including phenoxy) is 1. The molecule has 1 N–H and O–H groups in total. The Morgan fingerprint density at radius 2 is 1.95 bits per heavy atom. The molecule has 2 rings (SSSR count). The number of amides is 1. The summed E-state index contributed by atoms with van der Waals surface area (Å²) in [5, 5.41) is 2.65. The Kier molecular flexibility index (Phi) is 4.98. The summed E-state index contributed by atoms with van der Waals surface area (Å²) in [6.07, 6.45) is 5.04. The average molecular weight is 285 g/mol. The van der Waals surface area contributed by atoms with Crippen LogP contribution in [0.3, 0.4) is 0 Å². The van der Waals surface area contributed by atoms with Gasteiger partial charge in [-0.25, -0.2) is 9.78 Å². The van der Waals surface area contributed by atoms with E-state index in [1.807, 2.05) is 12.1 Å². The highest BCUT2D eigenvalue weighted by atomic mass is 16.5. The minimum atomic E-state index is -0.681. The van der Waals surface area contributed by atoms with E-state index in [0.717, 1.165) is 6.42 Å². The van der Waals surface area contributed by atoms with Crippen molar-refractivity contribution in [1.82, 2.24) is 9.97 Å². The molecule has 0 saturated heterocycles. The van der Waals surface area contributed by atoms with E-state index in [1.54, 1.807) is 12.1 Å². The standard InChI is InChI=1S/C15H15N3O3/c1-2-11-3-5-12(6-4-11)18-14(19)10-21-15(20)13-9-16-7-8-17-13/h3-9H,2,10H2,1H3,(H,18,19). The Hall–Kier alpha value is -2.76. The lowest BCUT2D eigenvalue weighted by atomic mass is 10.1. The van der Waals surface area contributed by atoms with Crippen molar-refractivity contribution >= 4 is 17.6 Å². The molecular formula is C15H15N3O3. The molecule has 0 spiro atoms. The largest absolute Gasteiger partial charge is 0.451 e. The maximum Gasteiger partial charge on any atom is 0.359 e. The predicted octanol–water partition coefficient (Wildman–Crippen LogP) is 1.83. The second-order valence-electron chi connectivity index (χ2n) is 4.27. The normalized spacial score (nSPS) is 9.95. The van der Waals surface area contributed by atoms with Gasteiger partial charge in [0.1, 0.15) is 0 Å². The molecule has 1 aromatic heterocycles. The summed E-state index contributed by atoms with van der Waals surface area (Å²) in [4.78, 5) is 30.8. The third kappa shape index (κ3) is 4.38. The summed E-state index contributed by atoms with van der Waals surface area (Å²) in [6.45, 7) is 1.68. The van der Waals surface area contributed by atoms with Gasteiger partial charge in [0.25, 0.3) is 5.91 Å². The van der Waals surface area contributed by atoms with Crippen molar-refractivity contribution in [2.45, 2.75) is 13.3 Å². The number of hydrogen-bond donors (Lipinski definition) is 1. The quantitative estimate of drug-likeness (QED) is 0.848. The topological polar surface area (TPSA) is 81.2 Å². The molecule has 0 aliphatic carbocycles. The molecule has 0 saturated carbocycles. The van der Waals surface area contributed by atoms with Crippen molar-refractivity contribution in [3.8, 4) is 0 Å². The fourth-order valence-corrected chi connectivity index (χ4v) is 1.63. The van der Waals surface area contributed by atoms with E-state index < -0.39 is 11.9 Å². The van der Waals surface area contributed by atoms with E-state index in [0.29, 0.717) is 5.69 Å². The highest BCUT2D eigenvalue weighted by Gasteiger charge is 2.11. The number of anilines is 1. The van der Waals surface area contributed by atoms with Gasteiger partial charge in [-0.05, 0) is 24.1 Å². The van der Waals surface area contributed by atoms with Crippen LogP contribution in [0.25, 0.3) is 0 Å². The monoisotopic (exact) mass is 285 g/mol. The number of carbonyl (C=O) groups excluding carboxylic acids is 2. The molecule has 6 heteroatoms. The van der Waals surface area contributed by atoms with Crippen LogP contribution in [0.5, 0.6) is 0 Å². The van der Waals surface area contributed by atoms with Crippen molar-refractivity contribution in [2.75, 3.05) is 11.9 Å². The molecule has 6 nitrogen and oxygen atoms in total. The summed E-state index contributed by atoms with van der Waals surface area (Å²) < 4.78 is 4.85. The smallest absolute Gasteiger partial charge is 0.359 e. The highest BCUT2D eigenvalue weighted by molar-refractivity contribution is 5.94. The molecule has 1 heterocycles. The Bertz CT molecular complexity index is 612. The lowest BCUT2D eigenvalue weighted by Crippen LogP contribution is -2.21. The van der Waals surface area contributed by atoms with Gasteiger partial charge in [0, 0.05) is 18.1 Å². The fraction of sp³-hybridized carbons (Fsp3) is 0.200. The maximum atomic E-state index is 11.7. The lowest BCUT2D eigenvalue weighted by molar-refractivity contribution is -0.119. The zero-order valence-electron chi connectivity index (χ0n) is 11.6. The lowest BCUT2D eigenvalue weighted by Gasteiger charge is -2.06. The Morgan fingerprint density at radius 3 is 2.57 bits per heavy atom. The van der Waals surface area contributed by atoms with Crippen LogP contribution in [0.1, 0.15) is 23.0 Å². The number of hydrogen-bond acceptors (Lipinski definition) is 5. The fourth-order valence-electron chi connectivity index (χ4n) is 1.63. The second kappa shape index (κ2) is 7.14. The van der Waals surface area contributed by atoms with Gasteiger partial charge in [0.15, 0.2) is 12.3 Å². The average Bonchev–Trinajstić information content (AvgIpc) is 2.54. The molecule has 0 radical (unpaired) electrons. The predicted molar refractivity (Wildman–Crippen MR) is 76.8 cm³/mol. The van der Waals surface area contributed by atoms with Gasteiger partial charge in [0.05, 0.1) is 6.20 Å². The minimum absolute atomic E-state index is 0.0672. The summed E-state index contributed by atoms with van der Waals surface area (Å²) in [6, 6.07) is 7.48. The minimum Gasteiger partial charge on any atom is -0.451 e. The van der Waals surface area contributed by atoms with Crippen LogP contribution in [0.2, 0.25) is 0 Å². The number of benzene rings is 1. The van der Waals surface area contributed by atoms with Crippen molar-refractivity contribution in [3.63, 3.8) is 0 Å². The number of carbonyl (C=O) groups is 2. The molecule has 1 amide bonds. The van der Waals surface area contributed by atoms with Crippen LogP contribution >= 0.6 is 0 Å². The van der Waals surface area contributed by atoms with Crippen LogP contribution < -0.4 is 5.32 Å². The van der Waals surface area contributed by atoms with Gasteiger partial charge >= 0.3 is 5.97 Å². The maximum absolute atomic E-state index is 11.7. The van der Waals surface area contributed by atoms with Crippen LogP contribution in [0, 0.1) is 0 Å². The number of rotatable bonds is 5. The van der Waals surface area contributed by atoms with Crippen molar-refractivity contribution in [3.05, 3.63) is 54.1 Å². The van der Waals surface area contributed by atoms with E-state index in [4.69, 9.17) is 4.74 Å².